The summed E-state index contributed by atoms with van der Waals surface area (Å²) in [5.41, 5.74) is 1.09. The van der Waals surface area contributed by atoms with Crippen molar-refractivity contribution in [1.29, 1.82) is 0 Å². The number of hydrogen-bond donors (Lipinski definition) is 0. The highest BCUT2D eigenvalue weighted by Gasteiger charge is 2.13. The van der Waals surface area contributed by atoms with Gasteiger partial charge in [-0.2, -0.15) is 0 Å². The second-order valence-corrected chi connectivity index (χ2v) is 4.79. The van der Waals surface area contributed by atoms with E-state index in [0.717, 1.165) is 25.0 Å². The van der Waals surface area contributed by atoms with Crippen LogP contribution >= 0.6 is 0 Å². The van der Waals surface area contributed by atoms with Gasteiger partial charge in [-0.1, -0.05) is 12.2 Å². The molecule has 4 heteroatoms. The molecule has 19 heavy (non-hydrogen) atoms. The molecule has 0 bridgehead atoms. The minimum atomic E-state index is 0.232. The molecular formula is C15H17N3O. The van der Waals surface area contributed by atoms with E-state index in [4.69, 9.17) is 0 Å². The lowest BCUT2D eigenvalue weighted by Crippen LogP contribution is -2.34. The number of aryl methyl sites for hydroxylation is 1. The first kappa shape index (κ1) is 12.0. The van der Waals surface area contributed by atoms with Crippen molar-refractivity contribution in [2.45, 2.75) is 19.4 Å². The van der Waals surface area contributed by atoms with Crippen LogP contribution in [0.15, 0.2) is 42.9 Å². The van der Waals surface area contributed by atoms with E-state index in [0.29, 0.717) is 13.0 Å². The summed E-state index contributed by atoms with van der Waals surface area (Å²) in [5, 5.41) is 1.17. The summed E-state index contributed by atoms with van der Waals surface area (Å²) in [6.07, 6.45) is 11.4. The maximum Gasteiger partial charge on any atom is 0.224 e. The average Bonchev–Trinajstić information content (AvgIpc) is 2.89. The van der Waals surface area contributed by atoms with Gasteiger partial charge in [-0.3, -0.25) is 9.78 Å². The Morgan fingerprint density at radius 3 is 3.11 bits per heavy atom. The molecule has 0 saturated carbocycles. The Hall–Kier alpha value is -2.10. The van der Waals surface area contributed by atoms with Gasteiger partial charge in [0.05, 0.1) is 11.7 Å². The topological polar surface area (TPSA) is 38.1 Å². The number of carbonyl (C=O) groups is 1. The molecule has 2 aromatic heterocycles. The summed E-state index contributed by atoms with van der Waals surface area (Å²) in [6.45, 7) is 2.32. The van der Waals surface area contributed by atoms with Crippen LogP contribution in [0.4, 0.5) is 0 Å². The Labute approximate surface area is 112 Å². The van der Waals surface area contributed by atoms with Gasteiger partial charge in [0.25, 0.3) is 0 Å². The Morgan fingerprint density at radius 2 is 2.26 bits per heavy atom. The average molecular weight is 255 g/mol. The van der Waals surface area contributed by atoms with Gasteiger partial charge in [0.15, 0.2) is 0 Å². The smallest absolute Gasteiger partial charge is 0.224 e. The van der Waals surface area contributed by atoms with Crippen molar-refractivity contribution in [2.24, 2.45) is 0 Å². The molecule has 0 radical (unpaired) electrons. The first-order chi connectivity index (χ1) is 9.34. The third kappa shape index (κ3) is 2.52. The molecule has 0 saturated heterocycles. The molecule has 4 nitrogen and oxygen atoms in total. The van der Waals surface area contributed by atoms with E-state index in [9.17, 15) is 4.79 Å². The van der Waals surface area contributed by atoms with Crippen LogP contribution in [0.2, 0.25) is 0 Å². The van der Waals surface area contributed by atoms with Crippen molar-refractivity contribution < 1.29 is 4.79 Å². The normalized spacial score (nSPS) is 15.1. The maximum absolute atomic E-state index is 12.1. The van der Waals surface area contributed by atoms with Crippen molar-refractivity contribution in [2.75, 3.05) is 13.1 Å². The SMILES string of the molecule is O=C(CCn1ccc2ccncc21)N1CC=CCC1. The quantitative estimate of drug-likeness (QED) is 0.789. The van der Waals surface area contributed by atoms with E-state index in [1.165, 1.54) is 5.39 Å². The summed E-state index contributed by atoms with van der Waals surface area (Å²) in [5.74, 6) is 0.232. The first-order valence-electron chi connectivity index (χ1n) is 6.66. The number of rotatable bonds is 3. The number of fused-ring (bicyclic) bond motifs is 1. The van der Waals surface area contributed by atoms with E-state index < -0.39 is 0 Å². The molecule has 0 unspecified atom stereocenters. The number of amides is 1. The van der Waals surface area contributed by atoms with Gasteiger partial charge < -0.3 is 9.47 Å². The fourth-order valence-electron chi connectivity index (χ4n) is 2.47. The van der Waals surface area contributed by atoms with Crippen LogP contribution in [0, 0.1) is 0 Å². The predicted octanol–water partition coefficient (Wildman–Crippen LogP) is 2.21. The minimum absolute atomic E-state index is 0.232. The van der Waals surface area contributed by atoms with E-state index in [1.54, 1.807) is 6.20 Å². The second kappa shape index (κ2) is 5.26. The van der Waals surface area contributed by atoms with Crippen molar-refractivity contribution in [3.63, 3.8) is 0 Å². The van der Waals surface area contributed by atoms with E-state index in [1.807, 2.05) is 23.4 Å². The largest absolute Gasteiger partial charge is 0.346 e. The summed E-state index contributed by atoms with van der Waals surface area (Å²) in [4.78, 5) is 18.2. The molecule has 3 heterocycles. The van der Waals surface area contributed by atoms with E-state index in [-0.39, 0.29) is 5.91 Å². The van der Waals surface area contributed by atoms with Crippen molar-refractivity contribution in [3.05, 3.63) is 42.9 Å². The zero-order chi connectivity index (χ0) is 13.1. The molecule has 0 aliphatic carbocycles. The lowest BCUT2D eigenvalue weighted by atomic mass is 10.2. The molecule has 3 rings (SSSR count). The number of nitrogens with zero attached hydrogens (tertiary/aromatic N) is 3. The Balaban J connectivity index is 1.65. The third-order valence-electron chi connectivity index (χ3n) is 3.55. The van der Waals surface area contributed by atoms with Crippen LogP contribution in [0.5, 0.6) is 0 Å². The maximum atomic E-state index is 12.1. The van der Waals surface area contributed by atoms with Gasteiger partial charge in [-0.15, -0.1) is 0 Å². The minimum Gasteiger partial charge on any atom is -0.346 e. The van der Waals surface area contributed by atoms with Crippen LogP contribution in [0.3, 0.4) is 0 Å². The van der Waals surface area contributed by atoms with Gasteiger partial charge in [0.1, 0.15) is 0 Å². The standard InChI is InChI=1S/C15H17N3O/c19-15(18-8-2-1-3-9-18)6-11-17-10-5-13-4-7-16-12-14(13)17/h1-2,4-5,7,10,12H,3,6,8-9,11H2. The highest BCUT2D eigenvalue weighted by Crippen LogP contribution is 2.14. The number of pyridine rings is 1. The van der Waals surface area contributed by atoms with Gasteiger partial charge in [0, 0.05) is 43.8 Å². The lowest BCUT2D eigenvalue weighted by molar-refractivity contribution is -0.131. The van der Waals surface area contributed by atoms with Crippen LogP contribution in [-0.4, -0.2) is 33.4 Å². The first-order valence-corrected chi connectivity index (χ1v) is 6.66. The summed E-state index contributed by atoms with van der Waals surface area (Å²) >= 11 is 0. The highest BCUT2D eigenvalue weighted by atomic mass is 16.2. The van der Waals surface area contributed by atoms with Gasteiger partial charge >= 0.3 is 0 Å². The molecule has 1 amide bonds. The molecule has 0 aromatic carbocycles. The van der Waals surface area contributed by atoms with Gasteiger partial charge in [0.2, 0.25) is 5.91 Å². The lowest BCUT2D eigenvalue weighted by Gasteiger charge is -2.23. The molecule has 0 atom stereocenters. The Kier molecular flexibility index (Phi) is 3.31. The summed E-state index contributed by atoms with van der Waals surface area (Å²) in [7, 11) is 0. The van der Waals surface area contributed by atoms with E-state index in [2.05, 4.69) is 27.8 Å². The summed E-state index contributed by atoms with van der Waals surface area (Å²) < 4.78 is 2.10. The number of hydrogen-bond acceptors (Lipinski definition) is 2. The van der Waals surface area contributed by atoms with Crippen LogP contribution in [-0.2, 0) is 11.3 Å². The van der Waals surface area contributed by atoms with Crippen LogP contribution in [0.1, 0.15) is 12.8 Å². The van der Waals surface area contributed by atoms with Gasteiger partial charge in [-0.25, -0.2) is 0 Å². The van der Waals surface area contributed by atoms with Crippen LogP contribution < -0.4 is 0 Å². The Bertz CT molecular complexity index is 615. The number of aromatic nitrogens is 2. The fraction of sp³-hybridized carbons (Fsp3) is 0.333. The number of carbonyl (C=O) groups excluding carboxylic acids is 1. The molecule has 0 N–H and O–H groups in total. The van der Waals surface area contributed by atoms with Gasteiger partial charge in [-0.05, 0) is 18.6 Å². The molecule has 1 aliphatic rings. The molecule has 2 aromatic rings. The molecular weight excluding hydrogens is 238 g/mol. The third-order valence-corrected chi connectivity index (χ3v) is 3.55. The molecule has 0 fully saturated rings. The van der Waals surface area contributed by atoms with Crippen molar-refractivity contribution in [3.8, 4) is 0 Å². The highest BCUT2D eigenvalue weighted by molar-refractivity contribution is 5.80. The predicted molar refractivity (Wildman–Crippen MR) is 74.7 cm³/mol. The molecule has 1 aliphatic heterocycles. The second-order valence-electron chi connectivity index (χ2n) is 4.79. The van der Waals surface area contributed by atoms with E-state index >= 15 is 0 Å². The molecule has 98 valence electrons. The fourth-order valence-corrected chi connectivity index (χ4v) is 2.47. The zero-order valence-corrected chi connectivity index (χ0v) is 10.8. The molecule has 0 spiro atoms. The monoisotopic (exact) mass is 255 g/mol. The zero-order valence-electron chi connectivity index (χ0n) is 10.8. The Morgan fingerprint density at radius 1 is 1.32 bits per heavy atom. The summed E-state index contributed by atoms with van der Waals surface area (Å²) in [6, 6.07) is 4.05. The van der Waals surface area contributed by atoms with Crippen molar-refractivity contribution >= 4 is 16.8 Å². The van der Waals surface area contributed by atoms with Crippen molar-refractivity contribution in [1.82, 2.24) is 14.5 Å². The van der Waals surface area contributed by atoms with Crippen LogP contribution in [0.25, 0.3) is 10.9 Å².